The third-order valence-electron chi connectivity index (χ3n) is 7.16. The van der Waals surface area contributed by atoms with Crippen molar-refractivity contribution >= 4 is 17.8 Å². The first-order valence-corrected chi connectivity index (χ1v) is 11.1. The minimum Gasteiger partial charge on any atom is -0.497 e. The van der Waals surface area contributed by atoms with E-state index in [1.807, 2.05) is 36.1 Å². The number of carbonyl (C=O) groups excluding carboxylic acids is 3. The molecular weight excluding hydrogens is 410 g/mol. The Balaban J connectivity index is 1.23. The Morgan fingerprint density at radius 1 is 1.22 bits per heavy atom. The number of imide groups is 1. The number of nitrogens with zero attached hydrogens (tertiary/aromatic N) is 4. The number of aromatic amines is 1. The predicted molar refractivity (Wildman–Crippen MR) is 116 cm³/mol. The van der Waals surface area contributed by atoms with Gasteiger partial charge >= 0.3 is 6.03 Å². The summed E-state index contributed by atoms with van der Waals surface area (Å²) in [4.78, 5) is 43.0. The molecule has 3 saturated heterocycles. The molecule has 3 aliphatic heterocycles. The van der Waals surface area contributed by atoms with Gasteiger partial charge in [0.2, 0.25) is 0 Å². The average molecular weight is 438 g/mol. The van der Waals surface area contributed by atoms with Crippen LogP contribution in [0.2, 0.25) is 0 Å². The summed E-state index contributed by atoms with van der Waals surface area (Å²) in [6, 6.07) is 8.81. The molecule has 5 rings (SSSR count). The minimum absolute atomic E-state index is 0.0728. The number of ether oxygens (including phenoxy) is 1. The third-order valence-corrected chi connectivity index (χ3v) is 7.16. The van der Waals surface area contributed by atoms with Crippen LogP contribution in [0.4, 0.5) is 4.79 Å². The van der Waals surface area contributed by atoms with Crippen molar-refractivity contribution in [1.29, 1.82) is 0 Å². The Morgan fingerprint density at radius 3 is 2.56 bits per heavy atom. The van der Waals surface area contributed by atoms with E-state index >= 15 is 0 Å². The standard InChI is InChI=1S/C23H27N5O4/c1-3-27-21(30)19-13-23(14-28(19)22(27)31)8-10-26(11-9-23)20(29)18-12-17(24-25-18)15-4-6-16(32-2)7-5-15/h4-7,12,19H,3,8-11,13-14H2,1-2H3,(H,24,25). The fourth-order valence-corrected chi connectivity index (χ4v) is 5.26. The van der Waals surface area contributed by atoms with Gasteiger partial charge < -0.3 is 14.5 Å². The van der Waals surface area contributed by atoms with Gasteiger partial charge in [-0.1, -0.05) is 0 Å². The molecule has 3 fully saturated rings. The van der Waals surface area contributed by atoms with E-state index in [4.69, 9.17) is 4.74 Å². The number of carbonyl (C=O) groups is 3. The molecule has 32 heavy (non-hydrogen) atoms. The number of likely N-dealkylation sites (tertiary alicyclic amines) is 1. The number of amides is 4. The number of fused-ring (bicyclic) bond motifs is 1. The highest BCUT2D eigenvalue weighted by Crippen LogP contribution is 2.46. The van der Waals surface area contributed by atoms with Crippen LogP contribution in [0.25, 0.3) is 11.3 Å². The van der Waals surface area contributed by atoms with Crippen LogP contribution in [0, 0.1) is 5.41 Å². The Morgan fingerprint density at radius 2 is 1.94 bits per heavy atom. The van der Waals surface area contributed by atoms with E-state index in [9.17, 15) is 14.4 Å². The maximum atomic E-state index is 13.0. The van der Waals surface area contributed by atoms with Gasteiger partial charge in [-0.2, -0.15) is 5.10 Å². The van der Waals surface area contributed by atoms with Gasteiger partial charge in [0.25, 0.3) is 11.8 Å². The van der Waals surface area contributed by atoms with Crippen LogP contribution in [-0.4, -0.2) is 82.1 Å². The fourth-order valence-electron chi connectivity index (χ4n) is 5.26. The highest BCUT2D eigenvalue weighted by molar-refractivity contribution is 6.04. The van der Waals surface area contributed by atoms with E-state index in [1.165, 1.54) is 4.90 Å². The maximum absolute atomic E-state index is 13.0. The molecule has 0 bridgehead atoms. The lowest BCUT2D eigenvalue weighted by atomic mass is 9.76. The number of hydrogen-bond donors (Lipinski definition) is 1. The Bertz CT molecular complexity index is 1030. The van der Waals surface area contributed by atoms with Crippen LogP contribution in [0.5, 0.6) is 5.75 Å². The SMILES string of the molecule is CCN1C(=O)C2CC3(CCN(C(=O)c4cc(-c5ccc(OC)cc5)n[nH]4)CC3)CN2C1=O. The van der Waals surface area contributed by atoms with Gasteiger partial charge in [-0.15, -0.1) is 0 Å². The molecule has 0 aliphatic carbocycles. The number of piperidine rings is 1. The van der Waals surface area contributed by atoms with Gasteiger partial charge in [0, 0.05) is 31.7 Å². The number of rotatable bonds is 4. The van der Waals surface area contributed by atoms with Crippen molar-refractivity contribution in [3.05, 3.63) is 36.0 Å². The second-order valence-corrected chi connectivity index (χ2v) is 8.90. The summed E-state index contributed by atoms with van der Waals surface area (Å²) in [5.41, 5.74) is 2.00. The summed E-state index contributed by atoms with van der Waals surface area (Å²) in [6.07, 6.45) is 2.28. The summed E-state index contributed by atoms with van der Waals surface area (Å²) >= 11 is 0. The molecule has 1 atom stereocenters. The monoisotopic (exact) mass is 437 g/mol. The zero-order valence-electron chi connectivity index (χ0n) is 18.3. The van der Waals surface area contributed by atoms with Crippen molar-refractivity contribution in [3.8, 4) is 17.0 Å². The summed E-state index contributed by atoms with van der Waals surface area (Å²) < 4.78 is 5.18. The first-order valence-electron chi connectivity index (χ1n) is 11.1. The summed E-state index contributed by atoms with van der Waals surface area (Å²) in [6.45, 7) is 4.06. The Labute approximate surface area is 186 Å². The van der Waals surface area contributed by atoms with Gasteiger partial charge in [0.15, 0.2) is 0 Å². The molecular formula is C23H27N5O4. The Hall–Kier alpha value is -3.36. The molecule has 1 spiro atoms. The van der Waals surface area contributed by atoms with Gasteiger partial charge in [0.1, 0.15) is 17.5 Å². The molecule has 4 amide bonds. The second-order valence-electron chi connectivity index (χ2n) is 8.90. The lowest BCUT2D eigenvalue weighted by Crippen LogP contribution is -2.45. The third kappa shape index (κ3) is 3.23. The van der Waals surface area contributed by atoms with Crippen molar-refractivity contribution in [2.75, 3.05) is 33.3 Å². The summed E-state index contributed by atoms with van der Waals surface area (Å²) in [5, 5.41) is 7.17. The van der Waals surface area contributed by atoms with E-state index in [0.29, 0.717) is 44.0 Å². The van der Waals surface area contributed by atoms with Crippen molar-refractivity contribution < 1.29 is 19.1 Å². The molecule has 0 saturated carbocycles. The zero-order chi connectivity index (χ0) is 22.5. The molecule has 2 aromatic rings. The number of hydrogen-bond acceptors (Lipinski definition) is 5. The number of methoxy groups -OCH3 is 1. The quantitative estimate of drug-likeness (QED) is 0.741. The van der Waals surface area contributed by atoms with E-state index in [-0.39, 0.29) is 29.3 Å². The van der Waals surface area contributed by atoms with Crippen LogP contribution in [-0.2, 0) is 4.79 Å². The summed E-state index contributed by atoms with van der Waals surface area (Å²) in [5.74, 6) is 0.618. The van der Waals surface area contributed by atoms with E-state index in [0.717, 1.165) is 24.2 Å². The van der Waals surface area contributed by atoms with E-state index in [2.05, 4.69) is 10.2 Å². The molecule has 1 unspecified atom stereocenters. The molecule has 1 aromatic carbocycles. The number of aromatic nitrogens is 2. The lowest BCUT2D eigenvalue weighted by Gasteiger charge is -2.39. The first kappa shape index (κ1) is 20.5. The number of likely N-dealkylation sites (N-methyl/N-ethyl adjacent to an activating group) is 1. The van der Waals surface area contributed by atoms with Crippen molar-refractivity contribution in [2.45, 2.75) is 32.2 Å². The smallest absolute Gasteiger partial charge is 0.327 e. The minimum atomic E-state index is -0.329. The van der Waals surface area contributed by atoms with Crippen LogP contribution < -0.4 is 4.74 Å². The molecule has 1 N–H and O–H groups in total. The van der Waals surface area contributed by atoms with Crippen LogP contribution in [0.3, 0.4) is 0 Å². The maximum Gasteiger partial charge on any atom is 0.327 e. The van der Waals surface area contributed by atoms with E-state index < -0.39 is 0 Å². The van der Waals surface area contributed by atoms with E-state index in [1.54, 1.807) is 18.1 Å². The van der Waals surface area contributed by atoms with Crippen LogP contribution in [0.15, 0.2) is 30.3 Å². The molecule has 9 heteroatoms. The van der Waals surface area contributed by atoms with Crippen molar-refractivity contribution in [2.24, 2.45) is 5.41 Å². The molecule has 168 valence electrons. The predicted octanol–water partition coefficient (Wildman–Crippen LogP) is 2.36. The second kappa shape index (κ2) is 7.65. The highest BCUT2D eigenvalue weighted by atomic mass is 16.5. The first-order chi connectivity index (χ1) is 15.4. The van der Waals surface area contributed by atoms with Crippen LogP contribution >= 0.6 is 0 Å². The highest BCUT2D eigenvalue weighted by Gasteiger charge is 2.56. The molecule has 0 radical (unpaired) electrons. The fraction of sp³-hybridized carbons (Fsp3) is 0.478. The normalized spacial score (nSPS) is 22.1. The molecule has 3 aliphatic rings. The topological polar surface area (TPSA) is 98.8 Å². The molecule has 1 aromatic heterocycles. The van der Waals surface area contributed by atoms with Crippen LogP contribution in [0.1, 0.15) is 36.7 Å². The number of H-pyrrole nitrogens is 1. The number of benzene rings is 1. The molecule has 9 nitrogen and oxygen atoms in total. The average Bonchev–Trinajstić information content (AvgIpc) is 3.50. The van der Waals surface area contributed by atoms with Gasteiger partial charge in [-0.3, -0.25) is 19.6 Å². The van der Waals surface area contributed by atoms with Gasteiger partial charge in [-0.05, 0) is 61.9 Å². The summed E-state index contributed by atoms with van der Waals surface area (Å²) in [7, 11) is 1.62. The van der Waals surface area contributed by atoms with Gasteiger partial charge in [0.05, 0.1) is 12.8 Å². The van der Waals surface area contributed by atoms with Crippen molar-refractivity contribution in [1.82, 2.24) is 24.9 Å². The Kier molecular flexibility index (Phi) is 4.91. The zero-order valence-corrected chi connectivity index (χ0v) is 18.3. The number of urea groups is 1. The van der Waals surface area contributed by atoms with Crippen molar-refractivity contribution in [3.63, 3.8) is 0 Å². The largest absolute Gasteiger partial charge is 0.497 e. The van der Waals surface area contributed by atoms with Gasteiger partial charge in [-0.25, -0.2) is 4.79 Å². The lowest BCUT2D eigenvalue weighted by molar-refractivity contribution is -0.128. The number of nitrogens with one attached hydrogen (secondary N) is 1. The molecule has 4 heterocycles.